The Bertz CT molecular complexity index is 633. The lowest BCUT2D eigenvalue weighted by atomic mass is 10.1. The van der Waals surface area contributed by atoms with E-state index < -0.39 is 6.10 Å². The first-order valence-corrected chi connectivity index (χ1v) is 8.22. The van der Waals surface area contributed by atoms with E-state index in [9.17, 15) is 5.11 Å². The molecule has 3 rings (SSSR count). The van der Waals surface area contributed by atoms with Crippen LogP contribution in [0, 0.1) is 6.92 Å². The molecule has 2 aromatic carbocycles. The summed E-state index contributed by atoms with van der Waals surface area (Å²) in [6.07, 6.45) is -0.567. The summed E-state index contributed by atoms with van der Waals surface area (Å²) < 4.78 is 0. The summed E-state index contributed by atoms with van der Waals surface area (Å²) >= 11 is 0. The van der Waals surface area contributed by atoms with E-state index in [0.717, 1.165) is 31.7 Å². The Morgan fingerprint density at radius 2 is 1.57 bits per heavy atom. The summed E-state index contributed by atoms with van der Waals surface area (Å²) in [4.78, 5) is 4.83. The first-order valence-electron chi connectivity index (χ1n) is 8.22. The first kappa shape index (κ1) is 15.8. The molecule has 122 valence electrons. The molecule has 1 saturated heterocycles. The minimum atomic E-state index is -0.567. The van der Waals surface area contributed by atoms with Gasteiger partial charge in [0.2, 0.25) is 0 Å². The predicted octanol–water partition coefficient (Wildman–Crippen LogP) is 2.31. The number of anilines is 2. The van der Waals surface area contributed by atoms with E-state index in [0.29, 0.717) is 0 Å². The van der Waals surface area contributed by atoms with Gasteiger partial charge in [0.05, 0.1) is 6.10 Å². The number of benzene rings is 2. The van der Waals surface area contributed by atoms with Crippen LogP contribution in [0.3, 0.4) is 0 Å². The van der Waals surface area contributed by atoms with Crippen LogP contribution in [-0.2, 0) is 0 Å². The Morgan fingerprint density at radius 3 is 2.13 bits per heavy atom. The first-order chi connectivity index (χ1) is 11.2. The maximum Gasteiger partial charge on any atom is 0.0912 e. The molecule has 0 amide bonds. The standard InChI is InChI=1S/C19H25N3O/c1-15-3-2-4-18(13-15)22-11-9-21(10-12-22)17-7-5-16(6-8-17)19(23)14-20/h2-8,13,19,23H,9-12,14,20H2,1H3. The van der Waals surface area contributed by atoms with Crippen LogP contribution in [0.1, 0.15) is 17.2 Å². The van der Waals surface area contributed by atoms with Crippen molar-refractivity contribution in [2.45, 2.75) is 13.0 Å². The molecule has 0 aliphatic carbocycles. The molecule has 23 heavy (non-hydrogen) atoms. The fourth-order valence-corrected chi connectivity index (χ4v) is 3.09. The number of aliphatic hydroxyl groups is 1. The van der Waals surface area contributed by atoms with Gasteiger partial charge in [-0.2, -0.15) is 0 Å². The molecule has 0 bridgehead atoms. The normalized spacial score (nSPS) is 16.5. The Labute approximate surface area is 138 Å². The average molecular weight is 311 g/mol. The van der Waals surface area contributed by atoms with Gasteiger partial charge in [-0.05, 0) is 42.3 Å². The second kappa shape index (κ2) is 7.02. The van der Waals surface area contributed by atoms with Crippen LogP contribution in [0.5, 0.6) is 0 Å². The van der Waals surface area contributed by atoms with Gasteiger partial charge < -0.3 is 20.6 Å². The molecule has 0 spiro atoms. The molecule has 1 fully saturated rings. The monoisotopic (exact) mass is 311 g/mol. The topological polar surface area (TPSA) is 52.7 Å². The molecule has 1 unspecified atom stereocenters. The van der Waals surface area contributed by atoms with Gasteiger partial charge in [-0.25, -0.2) is 0 Å². The fourth-order valence-electron chi connectivity index (χ4n) is 3.09. The van der Waals surface area contributed by atoms with Crippen molar-refractivity contribution >= 4 is 11.4 Å². The summed E-state index contributed by atoms with van der Waals surface area (Å²) in [5, 5.41) is 9.77. The van der Waals surface area contributed by atoms with Crippen molar-refractivity contribution in [1.82, 2.24) is 0 Å². The van der Waals surface area contributed by atoms with Gasteiger partial charge in [-0.3, -0.25) is 0 Å². The number of aliphatic hydroxyl groups excluding tert-OH is 1. The summed E-state index contributed by atoms with van der Waals surface area (Å²) in [7, 11) is 0. The maximum absolute atomic E-state index is 9.77. The van der Waals surface area contributed by atoms with Crippen LogP contribution in [0.4, 0.5) is 11.4 Å². The number of piperazine rings is 1. The number of aryl methyl sites for hydroxylation is 1. The smallest absolute Gasteiger partial charge is 0.0912 e. The van der Waals surface area contributed by atoms with Crippen LogP contribution >= 0.6 is 0 Å². The highest BCUT2D eigenvalue weighted by Crippen LogP contribution is 2.23. The molecule has 1 aliphatic rings. The van der Waals surface area contributed by atoms with Crippen LogP contribution in [0.15, 0.2) is 48.5 Å². The number of nitrogens with zero attached hydrogens (tertiary/aromatic N) is 2. The fraction of sp³-hybridized carbons (Fsp3) is 0.368. The molecule has 4 heteroatoms. The summed E-state index contributed by atoms with van der Waals surface area (Å²) in [6, 6.07) is 16.8. The van der Waals surface area contributed by atoms with E-state index in [4.69, 9.17) is 5.73 Å². The molecule has 2 aromatic rings. The molecule has 0 radical (unpaired) electrons. The van der Waals surface area contributed by atoms with Gasteiger partial charge in [0.15, 0.2) is 0 Å². The Morgan fingerprint density at radius 1 is 0.957 bits per heavy atom. The molecule has 1 aliphatic heterocycles. The summed E-state index contributed by atoms with van der Waals surface area (Å²) in [5.74, 6) is 0. The second-order valence-electron chi connectivity index (χ2n) is 6.16. The van der Waals surface area contributed by atoms with E-state index >= 15 is 0 Å². The Hall–Kier alpha value is -2.04. The van der Waals surface area contributed by atoms with E-state index in [2.05, 4.69) is 53.1 Å². The maximum atomic E-state index is 9.77. The zero-order valence-electron chi connectivity index (χ0n) is 13.7. The third-order valence-electron chi connectivity index (χ3n) is 4.51. The van der Waals surface area contributed by atoms with Crippen molar-refractivity contribution in [2.24, 2.45) is 5.73 Å². The highest BCUT2D eigenvalue weighted by atomic mass is 16.3. The molecule has 0 saturated carbocycles. The average Bonchev–Trinajstić information content (AvgIpc) is 2.61. The predicted molar refractivity (Wildman–Crippen MR) is 96.1 cm³/mol. The molecular formula is C19H25N3O. The van der Waals surface area contributed by atoms with Gasteiger partial charge in [0, 0.05) is 44.1 Å². The highest BCUT2D eigenvalue weighted by molar-refractivity contribution is 5.53. The van der Waals surface area contributed by atoms with Gasteiger partial charge in [-0.1, -0.05) is 24.3 Å². The number of nitrogens with two attached hydrogens (primary N) is 1. The van der Waals surface area contributed by atoms with E-state index in [-0.39, 0.29) is 6.54 Å². The van der Waals surface area contributed by atoms with Crippen molar-refractivity contribution in [3.8, 4) is 0 Å². The van der Waals surface area contributed by atoms with E-state index in [1.165, 1.54) is 16.9 Å². The highest BCUT2D eigenvalue weighted by Gasteiger charge is 2.17. The summed E-state index contributed by atoms with van der Waals surface area (Å²) in [5.41, 5.74) is 10.2. The number of hydrogen-bond donors (Lipinski definition) is 2. The lowest BCUT2D eigenvalue weighted by Gasteiger charge is -2.37. The van der Waals surface area contributed by atoms with E-state index in [1.54, 1.807) is 0 Å². The third-order valence-corrected chi connectivity index (χ3v) is 4.51. The Balaban J connectivity index is 1.62. The van der Waals surface area contributed by atoms with Crippen molar-refractivity contribution in [3.63, 3.8) is 0 Å². The second-order valence-corrected chi connectivity index (χ2v) is 6.16. The van der Waals surface area contributed by atoms with Gasteiger partial charge in [-0.15, -0.1) is 0 Å². The number of hydrogen-bond acceptors (Lipinski definition) is 4. The van der Waals surface area contributed by atoms with Crippen LogP contribution < -0.4 is 15.5 Å². The zero-order valence-corrected chi connectivity index (χ0v) is 13.7. The zero-order chi connectivity index (χ0) is 16.2. The van der Waals surface area contributed by atoms with Gasteiger partial charge in [0.1, 0.15) is 0 Å². The van der Waals surface area contributed by atoms with Crippen molar-refractivity contribution < 1.29 is 5.11 Å². The van der Waals surface area contributed by atoms with Crippen LogP contribution in [-0.4, -0.2) is 37.8 Å². The molecule has 3 N–H and O–H groups in total. The lowest BCUT2D eigenvalue weighted by Crippen LogP contribution is -2.46. The Kier molecular flexibility index (Phi) is 4.84. The van der Waals surface area contributed by atoms with Crippen molar-refractivity contribution in [3.05, 3.63) is 59.7 Å². The minimum absolute atomic E-state index is 0.258. The lowest BCUT2D eigenvalue weighted by molar-refractivity contribution is 0.187. The molecule has 4 nitrogen and oxygen atoms in total. The quantitative estimate of drug-likeness (QED) is 0.910. The van der Waals surface area contributed by atoms with Crippen molar-refractivity contribution in [1.29, 1.82) is 0 Å². The SMILES string of the molecule is Cc1cccc(N2CCN(c3ccc(C(O)CN)cc3)CC2)c1. The van der Waals surface area contributed by atoms with Crippen LogP contribution in [0.25, 0.3) is 0 Å². The van der Waals surface area contributed by atoms with Gasteiger partial charge in [0.25, 0.3) is 0 Å². The molecule has 1 atom stereocenters. The van der Waals surface area contributed by atoms with Crippen LogP contribution in [0.2, 0.25) is 0 Å². The molecule has 1 heterocycles. The molecular weight excluding hydrogens is 286 g/mol. The van der Waals surface area contributed by atoms with Crippen molar-refractivity contribution in [2.75, 3.05) is 42.5 Å². The third kappa shape index (κ3) is 3.66. The van der Waals surface area contributed by atoms with Gasteiger partial charge >= 0.3 is 0 Å². The minimum Gasteiger partial charge on any atom is -0.387 e. The largest absolute Gasteiger partial charge is 0.387 e. The molecule has 0 aromatic heterocycles. The summed E-state index contributed by atoms with van der Waals surface area (Å²) in [6.45, 7) is 6.46. The van der Waals surface area contributed by atoms with E-state index in [1.807, 2.05) is 12.1 Å². The number of rotatable bonds is 4.